The van der Waals surface area contributed by atoms with Gasteiger partial charge in [0, 0.05) is 6.42 Å². The molecule has 0 bridgehead atoms. The van der Waals surface area contributed by atoms with Crippen LogP contribution in [0.25, 0.3) is 0 Å². The van der Waals surface area contributed by atoms with Gasteiger partial charge in [-0.05, 0) is 25.8 Å². The topological polar surface area (TPSA) is 207 Å². The zero-order chi connectivity index (χ0) is 20.2. The lowest BCUT2D eigenvalue weighted by atomic mass is 10.1. The fourth-order valence-electron chi connectivity index (χ4n) is 2.21. The van der Waals surface area contributed by atoms with Crippen molar-refractivity contribution < 1.29 is 29.1 Å². The highest BCUT2D eigenvalue weighted by Crippen LogP contribution is 2.20. The van der Waals surface area contributed by atoms with Gasteiger partial charge in [0.25, 0.3) is 0 Å². The van der Waals surface area contributed by atoms with Crippen molar-refractivity contribution in [2.75, 3.05) is 19.6 Å². The number of aliphatic carboxylic acids is 2. The molecule has 1 amide bonds. The molecule has 1 aromatic heterocycles. The summed E-state index contributed by atoms with van der Waals surface area (Å²) in [6.45, 7) is -0.185. The molecule has 152 valence electrons. The van der Waals surface area contributed by atoms with Crippen molar-refractivity contribution >= 4 is 17.8 Å². The summed E-state index contributed by atoms with van der Waals surface area (Å²) < 4.78 is 5.17. The second kappa shape index (κ2) is 11.9. The van der Waals surface area contributed by atoms with Crippen molar-refractivity contribution in [3.8, 4) is 0 Å². The average Bonchev–Trinajstić information content (AvgIpc) is 3.09. The summed E-state index contributed by atoms with van der Waals surface area (Å²) in [4.78, 5) is 37.1. The van der Waals surface area contributed by atoms with E-state index < -0.39 is 36.5 Å². The predicted octanol–water partition coefficient (Wildman–Crippen LogP) is -1.11. The van der Waals surface area contributed by atoms with E-state index in [1.165, 1.54) is 0 Å². The SMILES string of the molecule is NCCCC[C@H](N)c1noc([C@H](CCC(=O)O)NCC(=O)NCC(=O)O)n1. The number of carbonyl (C=O) groups is 3. The van der Waals surface area contributed by atoms with Gasteiger partial charge in [-0.1, -0.05) is 11.6 Å². The first-order valence-electron chi connectivity index (χ1n) is 8.56. The minimum atomic E-state index is -1.17. The Morgan fingerprint density at radius 2 is 1.85 bits per heavy atom. The number of unbranched alkanes of at least 4 members (excludes halogenated alkanes) is 1. The summed E-state index contributed by atoms with van der Waals surface area (Å²) in [7, 11) is 0. The Bertz CT molecular complexity index is 622. The monoisotopic (exact) mass is 386 g/mol. The number of hydrogen-bond donors (Lipinski definition) is 6. The van der Waals surface area contributed by atoms with Crippen LogP contribution in [0.2, 0.25) is 0 Å². The Labute approximate surface area is 155 Å². The summed E-state index contributed by atoms with van der Waals surface area (Å²) >= 11 is 0. The number of nitrogens with zero attached hydrogens (tertiary/aromatic N) is 2. The average molecular weight is 386 g/mol. The fourth-order valence-corrected chi connectivity index (χ4v) is 2.21. The summed E-state index contributed by atoms with van der Waals surface area (Å²) in [6.07, 6.45) is 2.18. The van der Waals surface area contributed by atoms with E-state index in [4.69, 9.17) is 26.2 Å². The second-order valence-corrected chi connectivity index (χ2v) is 5.92. The van der Waals surface area contributed by atoms with Crippen LogP contribution in [0.3, 0.4) is 0 Å². The molecule has 0 saturated heterocycles. The van der Waals surface area contributed by atoms with Crippen molar-refractivity contribution in [1.29, 1.82) is 0 Å². The Morgan fingerprint density at radius 3 is 2.48 bits per heavy atom. The van der Waals surface area contributed by atoms with Crippen molar-refractivity contribution in [3.63, 3.8) is 0 Å². The molecule has 0 saturated carbocycles. The van der Waals surface area contributed by atoms with Gasteiger partial charge in [-0.25, -0.2) is 0 Å². The van der Waals surface area contributed by atoms with E-state index in [1.807, 2.05) is 0 Å². The molecule has 8 N–H and O–H groups in total. The highest BCUT2D eigenvalue weighted by Gasteiger charge is 2.22. The number of amides is 1. The maximum atomic E-state index is 11.6. The third-order valence-electron chi connectivity index (χ3n) is 3.65. The predicted molar refractivity (Wildman–Crippen MR) is 92.4 cm³/mol. The Morgan fingerprint density at radius 1 is 1.11 bits per heavy atom. The molecule has 0 unspecified atom stereocenters. The third kappa shape index (κ3) is 9.08. The number of hydrogen-bond acceptors (Lipinski definition) is 9. The normalized spacial score (nSPS) is 13.1. The molecule has 0 aliphatic heterocycles. The number of nitrogens with two attached hydrogens (primary N) is 2. The van der Waals surface area contributed by atoms with Crippen LogP contribution in [0.15, 0.2) is 4.52 Å². The molecule has 1 aromatic rings. The molecule has 1 heterocycles. The molecule has 1 rings (SSSR count). The lowest BCUT2D eigenvalue weighted by Crippen LogP contribution is -2.38. The summed E-state index contributed by atoms with van der Waals surface area (Å²) in [5.41, 5.74) is 11.4. The largest absolute Gasteiger partial charge is 0.481 e. The van der Waals surface area contributed by atoms with Gasteiger partial charge in [0.1, 0.15) is 6.54 Å². The van der Waals surface area contributed by atoms with E-state index in [9.17, 15) is 14.4 Å². The second-order valence-electron chi connectivity index (χ2n) is 5.92. The van der Waals surface area contributed by atoms with Crippen LogP contribution in [0.5, 0.6) is 0 Å². The Hall–Kier alpha value is -2.57. The lowest BCUT2D eigenvalue weighted by molar-refractivity contribution is -0.138. The van der Waals surface area contributed by atoms with Gasteiger partial charge < -0.3 is 31.5 Å². The van der Waals surface area contributed by atoms with Crippen molar-refractivity contribution in [3.05, 3.63) is 11.7 Å². The molecule has 0 aromatic carbocycles. The zero-order valence-corrected chi connectivity index (χ0v) is 14.9. The van der Waals surface area contributed by atoms with E-state index in [0.717, 1.165) is 12.8 Å². The number of carboxylic acids is 2. The highest BCUT2D eigenvalue weighted by atomic mass is 16.5. The zero-order valence-electron chi connectivity index (χ0n) is 14.9. The van der Waals surface area contributed by atoms with Crippen molar-refractivity contribution in [1.82, 2.24) is 20.8 Å². The smallest absolute Gasteiger partial charge is 0.322 e. The summed E-state index contributed by atoms with van der Waals surface area (Å²) in [6, 6.07) is -1.12. The molecule has 0 radical (unpaired) electrons. The number of rotatable bonds is 14. The highest BCUT2D eigenvalue weighted by molar-refractivity contribution is 5.82. The maximum absolute atomic E-state index is 11.6. The Kier molecular flexibility index (Phi) is 9.93. The van der Waals surface area contributed by atoms with Crippen LogP contribution in [-0.2, 0) is 14.4 Å². The maximum Gasteiger partial charge on any atom is 0.322 e. The minimum Gasteiger partial charge on any atom is -0.481 e. The van der Waals surface area contributed by atoms with Gasteiger partial charge in [0.2, 0.25) is 11.8 Å². The number of carboxylic acid groups (broad SMARTS) is 2. The van der Waals surface area contributed by atoms with E-state index in [0.29, 0.717) is 18.8 Å². The first kappa shape index (κ1) is 22.5. The Balaban J connectivity index is 2.68. The fraction of sp³-hybridized carbons (Fsp3) is 0.667. The first-order valence-corrected chi connectivity index (χ1v) is 8.56. The molecular weight excluding hydrogens is 360 g/mol. The third-order valence-corrected chi connectivity index (χ3v) is 3.65. The van der Waals surface area contributed by atoms with Crippen LogP contribution in [-0.4, -0.2) is 57.8 Å². The van der Waals surface area contributed by atoms with E-state index >= 15 is 0 Å². The lowest BCUT2D eigenvalue weighted by Gasteiger charge is -2.13. The van der Waals surface area contributed by atoms with Gasteiger partial charge in [0.05, 0.1) is 18.6 Å². The van der Waals surface area contributed by atoms with E-state index in [-0.39, 0.29) is 25.3 Å². The van der Waals surface area contributed by atoms with Crippen LogP contribution >= 0.6 is 0 Å². The number of carbonyl (C=O) groups excluding carboxylic acids is 1. The van der Waals surface area contributed by atoms with Gasteiger partial charge in [-0.15, -0.1) is 0 Å². The van der Waals surface area contributed by atoms with Crippen LogP contribution < -0.4 is 22.1 Å². The summed E-state index contributed by atoms with van der Waals surface area (Å²) in [5, 5.41) is 26.2. The molecule has 12 heteroatoms. The van der Waals surface area contributed by atoms with Crippen LogP contribution in [0.4, 0.5) is 0 Å². The van der Waals surface area contributed by atoms with Crippen LogP contribution in [0, 0.1) is 0 Å². The quantitative estimate of drug-likeness (QED) is 0.211. The van der Waals surface area contributed by atoms with Gasteiger partial charge in [-0.3, -0.25) is 19.7 Å². The molecule has 27 heavy (non-hydrogen) atoms. The summed E-state index contributed by atoms with van der Waals surface area (Å²) in [5.74, 6) is -2.34. The van der Waals surface area contributed by atoms with Crippen molar-refractivity contribution in [2.24, 2.45) is 11.5 Å². The van der Waals surface area contributed by atoms with Gasteiger partial charge >= 0.3 is 11.9 Å². The molecule has 0 fully saturated rings. The minimum absolute atomic E-state index is 0.103. The number of aromatic nitrogens is 2. The van der Waals surface area contributed by atoms with Crippen molar-refractivity contribution in [2.45, 2.75) is 44.2 Å². The molecule has 0 aliphatic carbocycles. The standard InChI is InChI=1S/C15H26N6O6/c16-6-2-1-3-9(17)14-20-15(27-21-14)10(4-5-12(23)24)18-7-11(22)19-8-13(25)26/h9-10,18H,1-8,16-17H2,(H,19,22)(H,23,24)(H,25,26)/t9-,10-/m0/s1. The number of nitrogens with one attached hydrogen (secondary N) is 2. The molecule has 12 nitrogen and oxygen atoms in total. The molecular formula is C15H26N6O6. The molecule has 2 atom stereocenters. The molecule has 0 aliphatic rings. The first-order chi connectivity index (χ1) is 12.8. The van der Waals surface area contributed by atoms with Gasteiger partial charge in [0.15, 0.2) is 5.82 Å². The van der Waals surface area contributed by atoms with Crippen LogP contribution in [0.1, 0.15) is 55.9 Å². The van der Waals surface area contributed by atoms with E-state index in [1.54, 1.807) is 0 Å². The molecule has 0 spiro atoms. The van der Waals surface area contributed by atoms with Gasteiger partial charge in [-0.2, -0.15) is 4.98 Å². The van der Waals surface area contributed by atoms with E-state index in [2.05, 4.69) is 20.8 Å².